The first-order valence-electron chi connectivity index (χ1n) is 16.1. The van der Waals surface area contributed by atoms with Crippen LogP contribution in [-0.4, -0.2) is 77.2 Å². The molecule has 16 heteroatoms. The zero-order chi connectivity index (χ0) is 36.5. The quantitative estimate of drug-likeness (QED) is 0.384. The minimum atomic E-state index is -0.560. The van der Waals surface area contributed by atoms with E-state index in [4.69, 9.17) is 27.9 Å². The van der Waals surface area contributed by atoms with Crippen LogP contribution < -0.4 is 16.6 Å². The van der Waals surface area contributed by atoms with Crippen molar-refractivity contribution in [2.45, 2.75) is 130 Å². The molecule has 0 saturated carbocycles. The Morgan fingerprint density at radius 1 is 0.583 bits per heavy atom. The van der Waals surface area contributed by atoms with E-state index in [1.165, 1.54) is 21.3 Å². The summed E-state index contributed by atoms with van der Waals surface area (Å²) in [6, 6.07) is 6.30. The van der Waals surface area contributed by atoms with Crippen molar-refractivity contribution in [1.82, 2.24) is 9.13 Å². The number of rotatable bonds is 6. The van der Waals surface area contributed by atoms with E-state index in [1.807, 2.05) is 83.1 Å². The highest BCUT2D eigenvalue weighted by atomic mass is 79.9. The molecule has 3 saturated heterocycles. The van der Waals surface area contributed by atoms with Crippen LogP contribution in [0.1, 0.15) is 83.1 Å². The molecule has 0 aromatic carbocycles. The fraction of sp³-hybridized carbons (Fsp3) is 0.688. The molecule has 266 valence electrons. The van der Waals surface area contributed by atoms with Crippen molar-refractivity contribution in [1.29, 1.82) is 0 Å². The van der Waals surface area contributed by atoms with Crippen LogP contribution in [0.5, 0.6) is 0 Å². The van der Waals surface area contributed by atoms with Crippen molar-refractivity contribution in [3.8, 4) is 0 Å². The molecule has 0 bridgehead atoms. The minimum Gasteiger partial charge on any atom is -0.405 e. The predicted octanol–water partition coefficient (Wildman–Crippen LogP) is 4.95. The molecule has 5 rings (SSSR count). The molecule has 0 amide bonds. The van der Waals surface area contributed by atoms with Gasteiger partial charge in [-0.1, -0.05) is 15.9 Å². The van der Waals surface area contributed by atoms with Gasteiger partial charge in [-0.3, -0.25) is 9.59 Å². The van der Waals surface area contributed by atoms with E-state index in [1.54, 1.807) is 24.5 Å². The number of nitrogens with zero attached hydrogens (tertiary/aromatic N) is 2. The minimum absolute atomic E-state index is 0.0719. The number of aromatic nitrogens is 2. The molecule has 0 N–H and O–H groups in total. The summed E-state index contributed by atoms with van der Waals surface area (Å²) in [5, 5.41) is 0. The van der Waals surface area contributed by atoms with E-state index < -0.39 is 45.7 Å². The van der Waals surface area contributed by atoms with Gasteiger partial charge in [0.2, 0.25) is 5.56 Å². The van der Waals surface area contributed by atoms with Crippen molar-refractivity contribution in [3.05, 3.63) is 61.8 Å². The largest absolute Gasteiger partial charge is 0.495 e. The number of pyridine rings is 2. The van der Waals surface area contributed by atoms with Crippen LogP contribution >= 0.6 is 15.9 Å². The van der Waals surface area contributed by atoms with Crippen LogP contribution in [-0.2, 0) is 41.0 Å². The van der Waals surface area contributed by atoms with Crippen LogP contribution in [0.3, 0.4) is 0 Å². The smallest absolute Gasteiger partial charge is 0.405 e. The predicted molar refractivity (Wildman–Crippen MR) is 189 cm³/mol. The summed E-state index contributed by atoms with van der Waals surface area (Å²) in [7, 11) is -1.51. The highest BCUT2D eigenvalue weighted by Gasteiger charge is 2.63. The summed E-state index contributed by atoms with van der Waals surface area (Å²) < 4.78 is 63.0. The highest BCUT2D eigenvalue weighted by Crippen LogP contribution is 2.43. The molecule has 0 atom stereocenters. The third kappa shape index (κ3) is 9.10. The molecule has 0 radical (unpaired) electrons. The fourth-order valence-electron chi connectivity index (χ4n) is 4.68. The molecular weight excluding hydrogens is 691 g/mol. The van der Waals surface area contributed by atoms with E-state index in [9.17, 15) is 18.4 Å². The molecule has 5 heterocycles. The third-order valence-corrected chi connectivity index (χ3v) is 10.4. The average molecular weight is 741 g/mol. The lowest BCUT2D eigenvalue weighted by Crippen LogP contribution is -2.41. The van der Waals surface area contributed by atoms with Gasteiger partial charge in [-0.2, -0.15) is 0 Å². The number of hydrogen-bond acceptors (Lipinski definition) is 8. The van der Waals surface area contributed by atoms with Gasteiger partial charge >= 0.3 is 21.1 Å². The summed E-state index contributed by atoms with van der Waals surface area (Å²) in [5.74, 6) is 0. The zero-order valence-corrected chi connectivity index (χ0v) is 31.9. The molecule has 0 spiro atoms. The van der Waals surface area contributed by atoms with Crippen LogP contribution in [0.25, 0.3) is 0 Å². The highest BCUT2D eigenvalue weighted by molar-refractivity contribution is 9.10. The van der Waals surface area contributed by atoms with Gasteiger partial charge in [-0.15, -0.1) is 0 Å². The monoisotopic (exact) mass is 740 g/mol. The Bertz CT molecular complexity index is 1450. The molecule has 10 nitrogen and oxygen atoms in total. The first-order valence-corrected chi connectivity index (χ1v) is 16.9. The van der Waals surface area contributed by atoms with E-state index in [-0.39, 0.29) is 46.6 Å². The van der Waals surface area contributed by atoms with Crippen molar-refractivity contribution < 1.29 is 36.7 Å². The fourth-order valence-corrected chi connectivity index (χ4v) is 5.00. The summed E-state index contributed by atoms with van der Waals surface area (Å²) in [6.45, 7) is 23.2. The Morgan fingerprint density at radius 3 is 1.25 bits per heavy atom. The van der Waals surface area contributed by atoms with Gasteiger partial charge in [0, 0.05) is 29.0 Å². The van der Waals surface area contributed by atoms with Crippen LogP contribution in [0.15, 0.2) is 50.7 Å². The van der Waals surface area contributed by atoms with Crippen molar-refractivity contribution >= 4 is 42.5 Å². The second kappa shape index (κ2) is 14.8. The molecule has 2 aromatic heterocycles. The molecule has 0 unspecified atom stereocenters. The maximum absolute atomic E-state index is 12.3. The number of aryl methyl sites for hydroxylation is 2. The lowest BCUT2D eigenvalue weighted by atomic mass is 9.49. The molecule has 2 aromatic rings. The van der Waals surface area contributed by atoms with Crippen LogP contribution in [0.4, 0.5) is 8.78 Å². The van der Waals surface area contributed by atoms with E-state index >= 15 is 0 Å². The Kier molecular flexibility index (Phi) is 12.5. The summed E-state index contributed by atoms with van der Waals surface area (Å²) >= 11 is 3.14. The molecule has 0 aliphatic carbocycles. The Balaban J connectivity index is 0.000000203. The van der Waals surface area contributed by atoms with Gasteiger partial charge in [0.1, 0.15) is 13.3 Å². The zero-order valence-electron chi connectivity index (χ0n) is 30.3. The van der Waals surface area contributed by atoms with Crippen molar-refractivity contribution in [3.63, 3.8) is 0 Å². The Morgan fingerprint density at radius 2 is 0.917 bits per heavy atom. The van der Waals surface area contributed by atoms with Crippen molar-refractivity contribution in [2.75, 3.05) is 13.3 Å². The van der Waals surface area contributed by atoms with E-state index in [0.717, 1.165) is 4.47 Å². The van der Waals surface area contributed by atoms with E-state index in [2.05, 4.69) is 15.9 Å². The Hall–Kier alpha value is -1.81. The third-order valence-electron chi connectivity index (χ3n) is 9.92. The number of hydrogen-bond donors (Lipinski definition) is 0. The van der Waals surface area contributed by atoms with Crippen LogP contribution in [0.2, 0.25) is 0 Å². The normalized spacial score (nSPS) is 22.5. The first-order chi connectivity index (χ1) is 21.9. The van der Waals surface area contributed by atoms with Gasteiger partial charge < -0.3 is 37.1 Å². The van der Waals surface area contributed by atoms with Gasteiger partial charge in [0.15, 0.2) is 0 Å². The SMILES string of the molecule is CC1(C)OB(B2OC(C)(C)C(C)(C)O2)OC1(C)C.CC1(C)OB(c2ccn(CCF)c(=O)c2)OC1(C)C.O=c1cc(Br)ccn1CCF. The maximum atomic E-state index is 12.3. The average Bonchev–Trinajstić information content (AvgIpc) is 3.41. The molecule has 3 aliphatic rings. The summed E-state index contributed by atoms with van der Waals surface area (Å²) in [5.41, 5.74) is -2.08. The van der Waals surface area contributed by atoms with Gasteiger partial charge in [-0.25, -0.2) is 8.78 Å². The second-order valence-corrected chi connectivity index (χ2v) is 16.0. The molecule has 48 heavy (non-hydrogen) atoms. The van der Waals surface area contributed by atoms with Gasteiger partial charge in [0.25, 0.3) is 5.56 Å². The standard InChI is InChI=1S/C13H19BFNO3.C12H24B2O4.C7H7BrFNO/c1-12(2)13(3,4)19-14(18-12)10-5-7-16(8-6-15)11(17)9-10;1-9(2)10(3,4)16-13(15-9)14-17-11(5,6)12(7,8)18-14;8-6-1-3-10(4-2-9)7(11)5-6/h5,7,9H,6,8H2,1-4H3;1-8H3;1,3,5H,2,4H2. The lowest BCUT2D eigenvalue weighted by Gasteiger charge is -2.32. The summed E-state index contributed by atoms with van der Waals surface area (Å²) in [4.78, 5) is 22.8. The van der Waals surface area contributed by atoms with Crippen LogP contribution in [0, 0.1) is 0 Å². The van der Waals surface area contributed by atoms with Gasteiger partial charge in [0.05, 0.1) is 46.7 Å². The second-order valence-electron chi connectivity index (χ2n) is 15.1. The first kappa shape index (κ1) is 40.6. The van der Waals surface area contributed by atoms with Gasteiger partial charge in [-0.05, 0) is 101 Å². The topological polar surface area (TPSA) is 99.4 Å². The Labute approximate surface area is 292 Å². The van der Waals surface area contributed by atoms with Crippen molar-refractivity contribution in [2.24, 2.45) is 0 Å². The number of alkyl halides is 2. The summed E-state index contributed by atoms with van der Waals surface area (Å²) in [6.07, 6.45) is 3.13. The molecule has 3 fully saturated rings. The lowest BCUT2D eigenvalue weighted by molar-refractivity contribution is 0.00578. The van der Waals surface area contributed by atoms with E-state index in [0.29, 0.717) is 5.46 Å². The maximum Gasteiger partial charge on any atom is 0.495 e. The molecular formula is C32H50B3BrF2N2O8. The number of halogens is 3. The molecule has 3 aliphatic heterocycles.